The predicted molar refractivity (Wildman–Crippen MR) is 135 cm³/mol. The van der Waals surface area contributed by atoms with Gasteiger partial charge in [0, 0.05) is 43.6 Å². The summed E-state index contributed by atoms with van der Waals surface area (Å²) < 4.78 is 42.2. The summed E-state index contributed by atoms with van der Waals surface area (Å²) in [7, 11) is -0.962. The van der Waals surface area contributed by atoms with Gasteiger partial charge in [0.25, 0.3) is 0 Å². The number of ether oxygens (including phenoxy) is 2. The van der Waals surface area contributed by atoms with E-state index in [2.05, 4.69) is 34.9 Å². The molecule has 1 unspecified atom stereocenters. The first-order valence-corrected chi connectivity index (χ1v) is 12.9. The Hall–Kier alpha value is -3.42. The first kappa shape index (κ1) is 25.7. The lowest BCUT2D eigenvalue weighted by atomic mass is 10.1. The molecule has 3 aromatic rings. The van der Waals surface area contributed by atoms with Gasteiger partial charge in [-0.15, -0.1) is 10.2 Å². The molecule has 14 heteroatoms. The summed E-state index contributed by atoms with van der Waals surface area (Å²) in [5.74, 6) is 0.0464. The highest BCUT2D eigenvalue weighted by molar-refractivity contribution is 7.93. The molecule has 190 valence electrons. The van der Waals surface area contributed by atoms with Crippen LogP contribution in [0.5, 0.6) is 0 Å². The number of aliphatic imine (C=N–C) groups is 1. The third kappa shape index (κ3) is 5.08. The van der Waals surface area contributed by atoms with Crippen LogP contribution in [-0.4, -0.2) is 69.9 Å². The predicted octanol–water partition coefficient (Wildman–Crippen LogP) is 2.98. The average Bonchev–Trinajstić information content (AvgIpc) is 3.30. The highest BCUT2D eigenvalue weighted by atomic mass is 35.5. The van der Waals surface area contributed by atoms with Gasteiger partial charge in [0.05, 0.1) is 30.4 Å². The number of nitrogens with zero attached hydrogens (tertiary/aromatic N) is 7. The van der Waals surface area contributed by atoms with Crippen LogP contribution in [0.1, 0.15) is 31.9 Å². The van der Waals surface area contributed by atoms with Crippen LogP contribution in [0.25, 0.3) is 17.1 Å². The molecular weight excluding hydrogens is 508 g/mol. The van der Waals surface area contributed by atoms with Gasteiger partial charge in [0.2, 0.25) is 21.9 Å². The summed E-state index contributed by atoms with van der Waals surface area (Å²) in [6, 6.07) is 3.53. The van der Waals surface area contributed by atoms with Crippen LogP contribution >= 0.6 is 11.6 Å². The van der Waals surface area contributed by atoms with E-state index in [-0.39, 0.29) is 17.0 Å². The normalized spacial score (nSPS) is 17.6. The van der Waals surface area contributed by atoms with E-state index in [9.17, 15) is 8.42 Å². The number of pyridine rings is 1. The Morgan fingerprint density at radius 2 is 1.97 bits per heavy atom. The van der Waals surface area contributed by atoms with Gasteiger partial charge in [-0.2, -0.15) is 0 Å². The minimum absolute atomic E-state index is 0.0428. The quantitative estimate of drug-likeness (QED) is 0.439. The zero-order valence-corrected chi connectivity index (χ0v) is 21.6. The third-order valence-electron chi connectivity index (χ3n) is 5.89. The summed E-state index contributed by atoms with van der Waals surface area (Å²) in [6.45, 7) is 3.32. The lowest BCUT2D eigenvalue weighted by molar-refractivity contribution is 0.143. The van der Waals surface area contributed by atoms with Gasteiger partial charge in [-0.3, -0.25) is 19.3 Å². The molecule has 0 fully saturated rings. The molecule has 3 aromatic heterocycles. The number of hydrogen-bond acceptors (Lipinski definition) is 10. The van der Waals surface area contributed by atoms with Crippen LogP contribution in [0.4, 0.5) is 5.95 Å². The highest BCUT2D eigenvalue weighted by Crippen LogP contribution is 2.33. The van der Waals surface area contributed by atoms with Crippen LogP contribution < -0.4 is 4.72 Å². The molecule has 0 amide bonds. The minimum Gasteiger partial charge on any atom is -0.480 e. The second kappa shape index (κ2) is 10.7. The third-order valence-corrected chi connectivity index (χ3v) is 7.94. The lowest BCUT2D eigenvalue weighted by Crippen LogP contribution is -2.32. The standard InChI is InChI=1S/C22H25ClN8O4S/c1-13(16-11-27-18(23)12-26-16)14(2)36(32,33)30-22-29-28-20(15-6-5-8-24-10-15)31(22)19-17(34-3)7-9-25-21(19)35-4/h5-6,8-14,17H,7H2,1-4H3,(H,29,30)/t13-,14-,17?/m1/s1. The summed E-state index contributed by atoms with van der Waals surface area (Å²) in [5, 5.41) is 7.75. The maximum atomic E-state index is 13.5. The van der Waals surface area contributed by atoms with Gasteiger partial charge in [0.1, 0.15) is 17.0 Å². The maximum absolute atomic E-state index is 13.5. The number of methoxy groups -OCH3 is 2. The van der Waals surface area contributed by atoms with Gasteiger partial charge in [-0.05, 0) is 19.1 Å². The summed E-state index contributed by atoms with van der Waals surface area (Å²) in [5.41, 5.74) is 1.55. The van der Waals surface area contributed by atoms with E-state index in [1.54, 1.807) is 51.7 Å². The molecule has 3 atom stereocenters. The second-order valence-corrected chi connectivity index (χ2v) is 10.4. The Kier molecular flexibility index (Phi) is 7.62. The van der Waals surface area contributed by atoms with Crippen molar-refractivity contribution >= 4 is 39.5 Å². The fraction of sp³-hybridized carbons (Fsp3) is 0.364. The Morgan fingerprint density at radius 1 is 1.17 bits per heavy atom. The molecule has 0 spiro atoms. The van der Waals surface area contributed by atoms with E-state index in [0.717, 1.165) is 0 Å². The van der Waals surface area contributed by atoms with E-state index in [1.807, 2.05) is 0 Å². The van der Waals surface area contributed by atoms with Crippen LogP contribution in [0.3, 0.4) is 0 Å². The van der Waals surface area contributed by atoms with E-state index < -0.39 is 27.3 Å². The van der Waals surface area contributed by atoms with E-state index in [4.69, 9.17) is 21.1 Å². The Labute approximate surface area is 213 Å². The van der Waals surface area contributed by atoms with Crippen molar-refractivity contribution in [3.05, 3.63) is 53.7 Å². The van der Waals surface area contributed by atoms with Crippen molar-refractivity contribution < 1.29 is 17.9 Å². The van der Waals surface area contributed by atoms with E-state index >= 15 is 0 Å². The summed E-state index contributed by atoms with van der Waals surface area (Å²) in [6.07, 6.45) is 7.69. The molecular formula is C22H25ClN8O4S. The van der Waals surface area contributed by atoms with Crippen molar-refractivity contribution in [1.29, 1.82) is 0 Å². The number of halogens is 1. The molecule has 0 aromatic carbocycles. The first-order valence-electron chi connectivity index (χ1n) is 11.0. The molecule has 0 bridgehead atoms. The topological polar surface area (TPSA) is 146 Å². The molecule has 0 aliphatic carbocycles. The van der Waals surface area contributed by atoms with Crippen LogP contribution in [0.15, 0.2) is 47.8 Å². The molecule has 0 saturated heterocycles. The molecule has 0 saturated carbocycles. The van der Waals surface area contributed by atoms with Crippen molar-refractivity contribution in [2.75, 3.05) is 18.9 Å². The SMILES string of the molecule is COC1=C(n2c(NS(=O)(=O)[C@H](C)[C@@H](C)c3cnc(Cl)cn3)nnc2-c2cccnc2)C(OC)CC=N1. The summed E-state index contributed by atoms with van der Waals surface area (Å²) in [4.78, 5) is 16.7. The number of anilines is 1. The molecule has 1 aliphatic rings. The minimum atomic E-state index is -3.98. The van der Waals surface area contributed by atoms with Crippen LogP contribution in [0.2, 0.25) is 5.15 Å². The zero-order chi connectivity index (χ0) is 25.9. The maximum Gasteiger partial charge on any atom is 0.243 e. The van der Waals surface area contributed by atoms with Crippen LogP contribution in [-0.2, 0) is 19.5 Å². The molecule has 1 N–H and O–H groups in total. The van der Waals surface area contributed by atoms with E-state index in [0.29, 0.717) is 29.2 Å². The van der Waals surface area contributed by atoms with Gasteiger partial charge in [0.15, 0.2) is 5.82 Å². The molecule has 36 heavy (non-hydrogen) atoms. The number of hydrogen-bond donors (Lipinski definition) is 1. The molecule has 4 heterocycles. The van der Waals surface area contributed by atoms with Crippen LogP contribution in [0, 0.1) is 0 Å². The molecule has 0 radical (unpaired) electrons. The zero-order valence-electron chi connectivity index (χ0n) is 20.0. The van der Waals surface area contributed by atoms with Gasteiger partial charge in [-0.25, -0.2) is 18.4 Å². The van der Waals surface area contributed by atoms with Crippen molar-refractivity contribution in [3.8, 4) is 11.4 Å². The Morgan fingerprint density at radius 3 is 2.61 bits per heavy atom. The second-order valence-electron chi connectivity index (χ2n) is 8.00. The fourth-order valence-electron chi connectivity index (χ4n) is 3.70. The Bertz CT molecular complexity index is 1380. The van der Waals surface area contributed by atoms with E-state index in [1.165, 1.54) is 24.1 Å². The molecule has 12 nitrogen and oxygen atoms in total. The number of sulfonamides is 1. The summed E-state index contributed by atoms with van der Waals surface area (Å²) >= 11 is 5.82. The monoisotopic (exact) mass is 532 g/mol. The smallest absolute Gasteiger partial charge is 0.243 e. The van der Waals surface area contributed by atoms with Crippen molar-refractivity contribution in [2.45, 2.75) is 37.5 Å². The lowest BCUT2D eigenvalue weighted by Gasteiger charge is -2.26. The Balaban J connectivity index is 1.79. The average molecular weight is 533 g/mol. The van der Waals surface area contributed by atoms with Crippen molar-refractivity contribution in [1.82, 2.24) is 29.7 Å². The fourth-order valence-corrected chi connectivity index (χ4v) is 5.05. The molecule has 4 rings (SSSR count). The van der Waals surface area contributed by atoms with Gasteiger partial charge >= 0.3 is 0 Å². The van der Waals surface area contributed by atoms with Crippen molar-refractivity contribution in [2.24, 2.45) is 4.99 Å². The van der Waals surface area contributed by atoms with Crippen molar-refractivity contribution in [3.63, 3.8) is 0 Å². The molecule has 1 aliphatic heterocycles. The highest BCUT2D eigenvalue weighted by Gasteiger charge is 2.34. The number of rotatable bonds is 9. The van der Waals surface area contributed by atoms with Gasteiger partial charge < -0.3 is 9.47 Å². The largest absolute Gasteiger partial charge is 0.480 e. The first-order chi connectivity index (χ1) is 17.3. The number of nitrogens with one attached hydrogen (secondary N) is 1. The number of aromatic nitrogens is 6. The van der Waals surface area contributed by atoms with Gasteiger partial charge in [-0.1, -0.05) is 18.5 Å².